The van der Waals surface area contributed by atoms with Gasteiger partial charge >= 0.3 is 0 Å². The zero-order valence-electron chi connectivity index (χ0n) is 9.22. The third-order valence-corrected chi connectivity index (χ3v) is 2.76. The molecule has 1 aromatic carbocycles. The molecule has 4 heteroatoms. The van der Waals surface area contributed by atoms with E-state index in [0.717, 1.165) is 11.4 Å². The Balaban J connectivity index is 2.20. The summed E-state index contributed by atoms with van der Waals surface area (Å²) in [5.74, 6) is 0.698. The molecule has 2 rings (SSSR count). The van der Waals surface area contributed by atoms with Gasteiger partial charge in [0.05, 0.1) is 19.6 Å². The predicted octanol–water partition coefficient (Wildman–Crippen LogP) is 1.18. The molecule has 0 aromatic heterocycles. The molecule has 0 radical (unpaired) electrons. The largest absolute Gasteiger partial charge is 0.497 e. The molecule has 1 unspecified atom stereocenters. The van der Waals surface area contributed by atoms with Crippen LogP contribution in [0.15, 0.2) is 24.3 Å². The SMILES string of the molecule is COc1cccc(N2CCC(O)CC2=O)c1. The van der Waals surface area contributed by atoms with Gasteiger partial charge in [0.1, 0.15) is 5.75 Å². The van der Waals surface area contributed by atoms with Gasteiger partial charge < -0.3 is 14.7 Å². The maximum absolute atomic E-state index is 11.7. The summed E-state index contributed by atoms with van der Waals surface area (Å²) >= 11 is 0. The molecule has 1 saturated heterocycles. The minimum absolute atomic E-state index is 0.0352. The molecule has 16 heavy (non-hydrogen) atoms. The molecule has 0 bridgehead atoms. The number of hydrogen-bond donors (Lipinski definition) is 1. The van der Waals surface area contributed by atoms with Crippen LogP contribution in [0.4, 0.5) is 5.69 Å². The van der Waals surface area contributed by atoms with Crippen molar-refractivity contribution in [3.63, 3.8) is 0 Å². The number of piperidine rings is 1. The highest BCUT2D eigenvalue weighted by Gasteiger charge is 2.25. The molecule has 86 valence electrons. The van der Waals surface area contributed by atoms with Crippen molar-refractivity contribution in [3.05, 3.63) is 24.3 Å². The molecule has 1 atom stereocenters. The molecule has 1 N–H and O–H groups in total. The van der Waals surface area contributed by atoms with Crippen molar-refractivity contribution in [3.8, 4) is 5.75 Å². The average Bonchev–Trinajstić information content (AvgIpc) is 2.29. The summed E-state index contributed by atoms with van der Waals surface area (Å²) in [5, 5.41) is 9.37. The predicted molar refractivity (Wildman–Crippen MR) is 60.6 cm³/mol. The van der Waals surface area contributed by atoms with E-state index in [-0.39, 0.29) is 12.3 Å². The number of nitrogens with zero attached hydrogens (tertiary/aromatic N) is 1. The minimum atomic E-state index is -0.491. The van der Waals surface area contributed by atoms with Crippen molar-refractivity contribution < 1.29 is 14.6 Å². The van der Waals surface area contributed by atoms with Crippen LogP contribution in [-0.2, 0) is 4.79 Å². The molecule has 0 spiro atoms. The Morgan fingerprint density at radius 3 is 3.00 bits per heavy atom. The maximum Gasteiger partial charge on any atom is 0.229 e. The first-order chi connectivity index (χ1) is 7.70. The van der Waals surface area contributed by atoms with Gasteiger partial charge in [0.25, 0.3) is 0 Å². The average molecular weight is 221 g/mol. The molecule has 4 nitrogen and oxygen atoms in total. The van der Waals surface area contributed by atoms with Gasteiger partial charge in [-0.1, -0.05) is 6.07 Å². The summed E-state index contributed by atoms with van der Waals surface area (Å²) in [6.45, 7) is 0.563. The Kier molecular flexibility index (Phi) is 3.10. The van der Waals surface area contributed by atoms with Crippen LogP contribution in [0.5, 0.6) is 5.75 Å². The highest BCUT2D eigenvalue weighted by Crippen LogP contribution is 2.24. The lowest BCUT2D eigenvalue weighted by Crippen LogP contribution is -2.40. The number of carbonyl (C=O) groups is 1. The van der Waals surface area contributed by atoms with Gasteiger partial charge in [-0.15, -0.1) is 0 Å². The lowest BCUT2D eigenvalue weighted by atomic mass is 10.1. The van der Waals surface area contributed by atoms with Gasteiger partial charge in [0, 0.05) is 18.3 Å². The van der Waals surface area contributed by atoms with Crippen LogP contribution in [0.2, 0.25) is 0 Å². The Labute approximate surface area is 94.4 Å². The fraction of sp³-hybridized carbons (Fsp3) is 0.417. The monoisotopic (exact) mass is 221 g/mol. The van der Waals surface area contributed by atoms with E-state index in [1.54, 1.807) is 12.0 Å². The molecule has 1 amide bonds. The zero-order chi connectivity index (χ0) is 11.5. The summed E-state index contributed by atoms with van der Waals surface area (Å²) in [4.78, 5) is 13.4. The topological polar surface area (TPSA) is 49.8 Å². The minimum Gasteiger partial charge on any atom is -0.497 e. The molecule has 1 aromatic rings. The van der Waals surface area contributed by atoms with Gasteiger partial charge in [-0.25, -0.2) is 0 Å². The number of ether oxygens (including phenoxy) is 1. The van der Waals surface area contributed by atoms with E-state index in [0.29, 0.717) is 13.0 Å². The Bertz CT molecular complexity index is 392. The molecule has 1 aliphatic rings. The number of rotatable bonds is 2. The number of aliphatic hydroxyl groups is 1. The molecular weight excluding hydrogens is 206 g/mol. The van der Waals surface area contributed by atoms with Crippen molar-refractivity contribution in [1.29, 1.82) is 0 Å². The highest BCUT2D eigenvalue weighted by atomic mass is 16.5. The summed E-state index contributed by atoms with van der Waals surface area (Å²) in [6, 6.07) is 7.40. The second-order valence-corrected chi connectivity index (χ2v) is 3.89. The first-order valence-corrected chi connectivity index (χ1v) is 5.33. The van der Waals surface area contributed by atoms with E-state index in [9.17, 15) is 9.90 Å². The van der Waals surface area contributed by atoms with Crippen LogP contribution in [0.1, 0.15) is 12.8 Å². The lowest BCUT2D eigenvalue weighted by molar-refractivity contribution is -0.122. The number of benzene rings is 1. The van der Waals surface area contributed by atoms with Crippen molar-refractivity contribution in [2.45, 2.75) is 18.9 Å². The second-order valence-electron chi connectivity index (χ2n) is 3.89. The van der Waals surface area contributed by atoms with Crippen molar-refractivity contribution in [2.24, 2.45) is 0 Å². The third-order valence-electron chi connectivity index (χ3n) is 2.76. The maximum atomic E-state index is 11.7. The summed E-state index contributed by atoms with van der Waals surface area (Å²) < 4.78 is 5.11. The van der Waals surface area contributed by atoms with Crippen LogP contribution in [0.3, 0.4) is 0 Å². The smallest absolute Gasteiger partial charge is 0.229 e. The van der Waals surface area contributed by atoms with Crippen LogP contribution in [0, 0.1) is 0 Å². The van der Waals surface area contributed by atoms with Gasteiger partial charge in [0.2, 0.25) is 5.91 Å². The number of amides is 1. The van der Waals surface area contributed by atoms with Gasteiger partial charge in [-0.2, -0.15) is 0 Å². The first kappa shape index (κ1) is 11.0. The van der Waals surface area contributed by atoms with Crippen LogP contribution in [0.25, 0.3) is 0 Å². The van der Waals surface area contributed by atoms with Gasteiger partial charge in [-0.05, 0) is 18.6 Å². The van der Waals surface area contributed by atoms with E-state index in [1.165, 1.54) is 0 Å². The highest BCUT2D eigenvalue weighted by molar-refractivity contribution is 5.94. The van der Waals surface area contributed by atoms with Crippen molar-refractivity contribution in [2.75, 3.05) is 18.6 Å². The molecule has 0 saturated carbocycles. The van der Waals surface area contributed by atoms with E-state index >= 15 is 0 Å². The fourth-order valence-electron chi connectivity index (χ4n) is 1.87. The number of hydrogen-bond acceptors (Lipinski definition) is 3. The van der Waals surface area contributed by atoms with Crippen LogP contribution >= 0.6 is 0 Å². The van der Waals surface area contributed by atoms with E-state index in [4.69, 9.17) is 4.74 Å². The fourth-order valence-corrected chi connectivity index (χ4v) is 1.87. The lowest BCUT2D eigenvalue weighted by Gasteiger charge is -2.29. The number of aliphatic hydroxyl groups excluding tert-OH is 1. The molecular formula is C12H15NO3. The second kappa shape index (κ2) is 4.53. The van der Waals surface area contributed by atoms with E-state index in [1.807, 2.05) is 24.3 Å². The first-order valence-electron chi connectivity index (χ1n) is 5.33. The number of carbonyl (C=O) groups excluding carboxylic acids is 1. The quantitative estimate of drug-likeness (QED) is 0.816. The molecule has 1 heterocycles. The van der Waals surface area contributed by atoms with E-state index in [2.05, 4.69) is 0 Å². The Morgan fingerprint density at radius 2 is 2.31 bits per heavy atom. The summed E-state index contributed by atoms with van der Waals surface area (Å²) in [6.07, 6.45) is 0.342. The van der Waals surface area contributed by atoms with Gasteiger partial charge in [-0.3, -0.25) is 4.79 Å². The van der Waals surface area contributed by atoms with Crippen LogP contribution < -0.4 is 9.64 Å². The molecule has 0 aliphatic carbocycles. The number of methoxy groups -OCH3 is 1. The summed E-state index contributed by atoms with van der Waals surface area (Å²) in [7, 11) is 1.60. The Hall–Kier alpha value is -1.55. The molecule has 1 fully saturated rings. The zero-order valence-corrected chi connectivity index (χ0v) is 9.22. The van der Waals surface area contributed by atoms with Crippen molar-refractivity contribution in [1.82, 2.24) is 0 Å². The van der Waals surface area contributed by atoms with E-state index < -0.39 is 6.10 Å². The van der Waals surface area contributed by atoms with Gasteiger partial charge in [0.15, 0.2) is 0 Å². The number of anilines is 1. The van der Waals surface area contributed by atoms with Crippen LogP contribution in [-0.4, -0.2) is 30.8 Å². The van der Waals surface area contributed by atoms with Crippen molar-refractivity contribution >= 4 is 11.6 Å². The molecule has 1 aliphatic heterocycles. The third kappa shape index (κ3) is 2.17. The standard InChI is InChI=1S/C12H15NO3/c1-16-11-4-2-3-9(7-11)13-6-5-10(14)8-12(13)15/h2-4,7,10,14H,5-6,8H2,1H3. The Morgan fingerprint density at radius 1 is 1.50 bits per heavy atom. The summed E-state index contributed by atoms with van der Waals surface area (Å²) in [5.41, 5.74) is 0.830. The normalized spacial score (nSPS) is 21.0.